The second kappa shape index (κ2) is 7.38. The molecule has 1 aliphatic heterocycles. The number of sulfonamides is 1. The van der Waals surface area contributed by atoms with Gasteiger partial charge in [-0.3, -0.25) is 9.89 Å². The van der Waals surface area contributed by atoms with Crippen LogP contribution in [0.3, 0.4) is 0 Å². The summed E-state index contributed by atoms with van der Waals surface area (Å²) >= 11 is 5.84. The molecule has 0 atom stereocenters. The van der Waals surface area contributed by atoms with Gasteiger partial charge < -0.3 is 5.32 Å². The first kappa shape index (κ1) is 18.9. The van der Waals surface area contributed by atoms with E-state index in [0.29, 0.717) is 48.0 Å². The van der Waals surface area contributed by atoms with Gasteiger partial charge in [-0.2, -0.15) is 9.40 Å². The quantitative estimate of drug-likeness (QED) is 0.830. The van der Waals surface area contributed by atoms with E-state index in [-0.39, 0.29) is 16.7 Å². The van der Waals surface area contributed by atoms with Crippen molar-refractivity contribution in [2.75, 3.05) is 18.4 Å². The van der Waals surface area contributed by atoms with Crippen molar-refractivity contribution in [1.29, 1.82) is 0 Å². The van der Waals surface area contributed by atoms with Crippen LogP contribution in [-0.4, -0.2) is 41.9 Å². The molecular weight excluding hydrogens is 376 g/mol. The van der Waals surface area contributed by atoms with Crippen LogP contribution in [0.4, 0.5) is 5.69 Å². The van der Waals surface area contributed by atoms with Crippen molar-refractivity contribution in [2.24, 2.45) is 5.92 Å². The summed E-state index contributed by atoms with van der Waals surface area (Å²) in [6.07, 6.45) is 0.962. The molecule has 7 nitrogen and oxygen atoms in total. The van der Waals surface area contributed by atoms with Crippen molar-refractivity contribution < 1.29 is 13.2 Å². The highest BCUT2D eigenvalue weighted by molar-refractivity contribution is 7.89. The lowest BCUT2D eigenvalue weighted by Crippen LogP contribution is -2.41. The molecule has 3 rings (SSSR count). The average molecular weight is 397 g/mol. The van der Waals surface area contributed by atoms with E-state index < -0.39 is 10.0 Å². The van der Waals surface area contributed by atoms with Crippen molar-refractivity contribution >= 4 is 33.2 Å². The summed E-state index contributed by atoms with van der Waals surface area (Å²) in [7, 11) is -3.60. The lowest BCUT2D eigenvalue weighted by Gasteiger charge is -2.30. The number of hydrogen-bond acceptors (Lipinski definition) is 4. The number of nitrogens with one attached hydrogen (secondary N) is 2. The van der Waals surface area contributed by atoms with E-state index in [4.69, 9.17) is 11.6 Å². The van der Waals surface area contributed by atoms with Crippen LogP contribution in [0, 0.1) is 19.8 Å². The van der Waals surface area contributed by atoms with Gasteiger partial charge in [-0.05, 0) is 51.0 Å². The van der Waals surface area contributed by atoms with Gasteiger partial charge in [0, 0.05) is 29.7 Å². The lowest BCUT2D eigenvalue weighted by molar-refractivity contribution is -0.120. The third-order valence-electron chi connectivity index (χ3n) is 4.59. The molecule has 1 amide bonds. The Kier molecular flexibility index (Phi) is 5.36. The number of nitrogens with zero attached hydrogens (tertiary/aromatic N) is 2. The second-order valence-corrected chi connectivity index (χ2v) is 8.75. The van der Waals surface area contributed by atoms with Crippen molar-refractivity contribution in [2.45, 2.75) is 31.6 Å². The van der Waals surface area contributed by atoms with Crippen LogP contribution in [0.25, 0.3) is 0 Å². The fourth-order valence-electron chi connectivity index (χ4n) is 3.19. The van der Waals surface area contributed by atoms with Crippen LogP contribution in [0.15, 0.2) is 29.2 Å². The molecule has 2 aromatic rings. The highest BCUT2D eigenvalue weighted by Gasteiger charge is 2.34. The number of aryl methyl sites for hydroxylation is 2. The van der Waals surface area contributed by atoms with Crippen molar-refractivity contribution in [3.8, 4) is 0 Å². The molecule has 0 bridgehead atoms. The largest absolute Gasteiger partial charge is 0.326 e. The average Bonchev–Trinajstić information content (AvgIpc) is 2.96. The van der Waals surface area contributed by atoms with Crippen molar-refractivity contribution in [1.82, 2.24) is 14.5 Å². The zero-order valence-corrected chi connectivity index (χ0v) is 16.2. The Balaban J connectivity index is 1.63. The third kappa shape index (κ3) is 3.77. The normalized spacial score (nSPS) is 16.6. The summed E-state index contributed by atoms with van der Waals surface area (Å²) in [5, 5.41) is 10.1. The van der Waals surface area contributed by atoms with E-state index in [0.717, 1.165) is 0 Å². The Labute approximate surface area is 157 Å². The van der Waals surface area contributed by atoms with Gasteiger partial charge in [0.25, 0.3) is 0 Å². The van der Waals surface area contributed by atoms with Crippen LogP contribution < -0.4 is 5.32 Å². The Morgan fingerprint density at radius 1 is 1.23 bits per heavy atom. The monoisotopic (exact) mass is 396 g/mol. The molecule has 0 saturated carbocycles. The minimum Gasteiger partial charge on any atom is -0.326 e. The molecular formula is C17H21ClN4O3S. The highest BCUT2D eigenvalue weighted by atomic mass is 35.5. The number of rotatable bonds is 4. The molecule has 2 N–H and O–H groups in total. The van der Waals surface area contributed by atoms with E-state index in [1.165, 1.54) is 4.31 Å². The minimum atomic E-state index is -3.60. The van der Waals surface area contributed by atoms with Gasteiger partial charge in [0.1, 0.15) is 4.90 Å². The van der Waals surface area contributed by atoms with Gasteiger partial charge in [-0.25, -0.2) is 8.42 Å². The first-order valence-corrected chi connectivity index (χ1v) is 10.2. The number of piperidine rings is 1. The summed E-state index contributed by atoms with van der Waals surface area (Å²) < 4.78 is 27.1. The number of carbonyl (C=O) groups is 1. The van der Waals surface area contributed by atoms with E-state index in [1.54, 1.807) is 38.1 Å². The zero-order chi connectivity index (χ0) is 18.9. The fourth-order valence-corrected chi connectivity index (χ4v) is 5.11. The Morgan fingerprint density at radius 3 is 2.38 bits per heavy atom. The smallest absolute Gasteiger partial charge is 0.246 e. The molecule has 9 heteroatoms. The molecule has 140 valence electrons. The lowest BCUT2D eigenvalue weighted by atomic mass is 9.97. The molecule has 1 saturated heterocycles. The number of aromatic amines is 1. The van der Waals surface area contributed by atoms with E-state index >= 15 is 0 Å². The number of amides is 1. The molecule has 1 fully saturated rings. The standard InChI is InChI=1S/C17H21ClN4O3S/c1-11-16(12(2)21-20-11)26(24,25)22-9-7-13(8-10-22)17(23)19-15-5-3-14(18)4-6-15/h3-6,13H,7-10H2,1-2H3,(H,19,23)(H,20,21). The molecule has 0 radical (unpaired) electrons. The highest BCUT2D eigenvalue weighted by Crippen LogP contribution is 2.27. The molecule has 26 heavy (non-hydrogen) atoms. The van der Waals surface area contributed by atoms with Crippen LogP contribution in [0.1, 0.15) is 24.2 Å². The minimum absolute atomic E-state index is 0.0972. The number of hydrogen-bond donors (Lipinski definition) is 2. The molecule has 2 heterocycles. The molecule has 0 unspecified atom stereocenters. The number of carbonyl (C=O) groups excluding carboxylic acids is 1. The topological polar surface area (TPSA) is 95.2 Å². The van der Waals surface area contributed by atoms with Crippen LogP contribution in [0.5, 0.6) is 0 Å². The predicted molar refractivity (Wildman–Crippen MR) is 99.6 cm³/mol. The third-order valence-corrected chi connectivity index (χ3v) is 7.01. The van der Waals surface area contributed by atoms with Crippen LogP contribution >= 0.6 is 11.6 Å². The first-order valence-electron chi connectivity index (χ1n) is 8.37. The van der Waals surface area contributed by atoms with Gasteiger partial charge in [-0.1, -0.05) is 11.6 Å². The Morgan fingerprint density at radius 2 is 1.85 bits per heavy atom. The van der Waals surface area contributed by atoms with Gasteiger partial charge >= 0.3 is 0 Å². The number of anilines is 1. The summed E-state index contributed by atoms with van der Waals surface area (Å²) in [5.74, 6) is -0.316. The maximum Gasteiger partial charge on any atom is 0.246 e. The Bertz CT molecular complexity index is 881. The predicted octanol–water partition coefficient (Wildman–Crippen LogP) is 2.72. The number of aromatic nitrogens is 2. The van der Waals surface area contributed by atoms with E-state index in [2.05, 4.69) is 15.5 Å². The number of halogens is 1. The van der Waals surface area contributed by atoms with E-state index in [1.807, 2.05) is 0 Å². The van der Waals surface area contributed by atoms with Crippen molar-refractivity contribution in [3.05, 3.63) is 40.7 Å². The molecule has 1 aromatic carbocycles. The SMILES string of the molecule is Cc1n[nH]c(C)c1S(=O)(=O)N1CCC(C(=O)Nc2ccc(Cl)cc2)CC1. The van der Waals surface area contributed by atoms with Crippen LogP contribution in [-0.2, 0) is 14.8 Å². The second-order valence-electron chi connectivity index (χ2n) is 6.44. The first-order chi connectivity index (χ1) is 12.3. The molecule has 1 aliphatic rings. The van der Waals surface area contributed by atoms with Crippen LogP contribution in [0.2, 0.25) is 5.02 Å². The molecule has 0 aliphatic carbocycles. The summed E-state index contributed by atoms with van der Waals surface area (Å²) in [6, 6.07) is 6.90. The number of H-pyrrole nitrogens is 1. The van der Waals surface area contributed by atoms with Gasteiger partial charge in [-0.15, -0.1) is 0 Å². The summed E-state index contributed by atoms with van der Waals surface area (Å²) in [5.41, 5.74) is 1.68. The molecule has 1 aromatic heterocycles. The van der Waals surface area contributed by atoms with Gasteiger partial charge in [0.15, 0.2) is 0 Å². The number of benzene rings is 1. The fraction of sp³-hybridized carbons (Fsp3) is 0.412. The molecule has 0 spiro atoms. The van der Waals surface area contributed by atoms with Gasteiger partial charge in [0.2, 0.25) is 15.9 Å². The van der Waals surface area contributed by atoms with Gasteiger partial charge in [0.05, 0.1) is 11.4 Å². The zero-order valence-electron chi connectivity index (χ0n) is 14.6. The Hall–Kier alpha value is -1.90. The maximum absolute atomic E-state index is 12.8. The summed E-state index contributed by atoms with van der Waals surface area (Å²) in [6.45, 7) is 3.98. The van der Waals surface area contributed by atoms with E-state index in [9.17, 15) is 13.2 Å². The maximum atomic E-state index is 12.8. The van der Waals surface area contributed by atoms with Crippen molar-refractivity contribution in [3.63, 3.8) is 0 Å². The summed E-state index contributed by atoms with van der Waals surface area (Å²) in [4.78, 5) is 12.7.